The molecule has 1 aromatic carbocycles. The zero-order chi connectivity index (χ0) is 13.8. The third kappa shape index (κ3) is 3.02. The fourth-order valence-corrected chi connectivity index (χ4v) is 2.86. The molecule has 20 heavy (non-hydrogen) atoms. The van der Waals surface area contributed by atoms with Crippen molar-refractivity contribution < 1.29 is 0 Å². The van der Waals surface area contributed by atoms with Gasteiger partial charge in [0.2, 0.25) is 5.95 Å². The maximum Gasteiger partial charge on any atom is 0.207 e. The van der Waals surface area contributed by atoms with Crippen molar-refractivity contribution in [1.82, 2.24) is 14.5 Å². The quantitative estimate of drug-likeness (QED) is 0.906. The summed E-state index contributed by atoms with van der Waals surface area (Å²) in [5, 5.41) is 3.39. The van der Waals surface area contributed by atoms with E-state index in [9.17, 15) is 0 Å². The third-order valence-corrected chi connectivity index (χ3v) is 4.02. The normalized spacial score (nSPS) is 19.4. The van der Waals surface area contributed by atoms with Crippen LogP contribution in [0.1, 0.15) is 13.3 Å². The maximum atomic E-state index is 4.43. The molecule has 0 saturated carbocycles. The zero-order valence-electron chi connectivity index (χ0n) is 12.0. The van der Waals surface area contributed by atoms with Crippen molar-refractivity contribution in [2.24, 2.45) is 5.92 Å². The lowest BCUT2D eigenvalue weighted by atomic mass is 10.1. The van der Waals surface area contributed by atoms with Gasteiger partial charge in [-0.25, -0.2) is 4.98 Å². The lowest BCUT2D eigenvalue weighted by molar-refractivity contribution is 0.333. The molecule has 1 aliphatic heterocycles. The number of anilines is 2. The minimum atomic E-state index is 0.737. The van der Waals surface area contributed by atoms with Crippen molar-refractivity contribution in [2.45, 2.75) is 19.9 Å². The molecule has 1 saturated heterocycles. The van der Waals surface area contributed by atoms with E-state index < -0.39 is 0 Å². The van der Waals surface area contributed by atoms with Crippen molar-refractivity contribution in [2.75, 3.05) is 25.0 Å². The van der Waals surface area contributed by atoms with Crippen LogP contribution in [0.15, 0.2) is 42.7 Å². The lowest BCUT2D eigenvalue weighted by Crippen LogP contribution is -2.21. The number of hydrogen-bond donors (Lipinski definition) is 1. The predicted octanol–water partition coefficient (Wildman–Crippen LogP) is 2.97. The van der Waals surface area contributed by atoms with Crippen molar-refractivity contribution in [3.63, 3.8) is 0 Å². The van der Waals surface area contributed by atoms with Crippen LogP contribution < -0.4 is 5.32 Å². The SMILES string of the molecule is CCN1CCC(Cn2ccnc2Nc2ccccc2)C1. The molecule has 0 spiro atoms. The van der Waals surface area contributed by atoms with Crippen LogP contribution >= 0.6 is 0 Å². The highest BCUT2D eigenvalue weighted by Gasteiger charge is 2.22. The number of likely N-dealkylation sites (tertiary alicyclic amines) is 1. The summed E-state index contributed by atoms with van der Waals surface area (Å²) >= 11 is 0. The average molecular weight is 270 g/mol. The Morgan fingerprint density at radius 3 is 2.90 bits per heavy atom. The first-order chi connectivity index (χ1) is 9.85. The summed E-state index contributed by atoms with van der Waals surface area (Å²) in [6.07, 6.45) is 5.23. The Hall–Kier alpha value is -1.81. The predicted molar refractivity (Wildman–Crippen MR) is 82.2 cm³/mol. The van der Waals surface area contributed by atoms with Gasteiger partial charge in [0, 0.05) is 31.2 Å². The summed E-state index contributed by atoms with van der Waals surface area (Å²) in [5.74, 6) is 1.67. The molecule has 1 aromatic heterocycles. The highest BCUT2D eigenvalue weighted by atomic mass is 15.2. The second kappa shape index (κ2) is 6.09. The summed E-state index contributed by atoms with van der Waals surface area (Å²) < 4.78 is 2.23. The molecule has 1 N–H and O–H groups in total. The summed E-state index contributed by atoms with van der Waals surface area (Å²) in [4.78, 5) is 6.95. The van der Waals surface area contributed by atoms with Crippen molar-refractivity contribution in [3.05, 3.63) is 42.7 Å². The van der Waals surface area contributed by atoms with Crippen LogP contribution in [-0.2, 0) is 6.54 Å². The van der Waals surface area contributed by atoms with E-state index in [0.29, 0.717) is 0 Å². The van der Waals surface area contributed by atoms with Gasteiger partial charge < -0.3 is 14.8 Å². The van der Waals surface area contributed by atoms with Crippen LogP contribution in [0.5, 0.6) is 0 Å². The molecular formula is C16H22N4. The number of para-hydroxylation sites is 1. The van der Waals surface area contributed by atoms with E-state index in [-0.39, 0.29) is 0 Å². The van der Waals surface area contributed by atoms with E-state index in [2.05, 4.69) is 45.0 Å². The first kappa shape index (κ1) is 13.2. The van der Waals surface area contributed by atoms with Crippen molar-refractivity contribution in [1.29, 1.82) is 0 Å². The molecule has 0 radical (unpaired) electrons. The van der Waals surface area contributed by atoms with Gasteiger partial charge in [0.15, 0.2) is 0 Å². The van der Waals surface area contributed by atoms with E-state index in [1.165, 1.54) is 19.5 Å². The Kier molecular flexibility index (Phi) is 4.02. The second-order valence-corrected chi connectivity index (χ2v) is 5.44. The van der Waals surface area contributed by atoms with E-state index in [1.54, 1.807) is 0 Å². The Labute approximate surface area is 120 Å². The Morgan fingerprint density at radius 1 is 1.30 bits per heavy atom. The first-order valence-corrected chi connectivity index (χ1v) is 7.40. The standard InChI is InChI=1S/C16H22N4/c1-2-19-10-8-14(12-19)13-20-11-9-17-16(20)18-15-6-4-3-5-7-15/h3-7,9,11,14H,2,8,10,12-13H2,1H3,(H,17,18). The number of hydrogen-bond acceptors (Lipinski definition) is 3. The minimum Gasteiger partial charge on any atom is -0.326 e. The van der Waals surface area contributed by atoms with Gasteiger partial charge in [-0.2, -0.15) is 0 Å². The largest absolute Gasteiger partial charge is 0.326 e. The second-order valence-electron chi connectivity index (χ2n) is 5.44. The Morgan fingerprint density at radius 2 is 2.15 bits per heavy atom. The summed E-state index contributed by atoms with van der Waals surface area (Å²) in [6.45, 7) is 6.89. The van der Waals surface area contributed by atoms with Crippen LogP contribution in [-0.4, -0.2) is 34.1 Å². The van der Waals surface area contributed by atoms with Crippen molar-refractivity contribution >= 4 is 11.6 Å². The molecule has 4 heteroatoms. The molecule has 0 bridgehead atoms. The summed E-state index contributed by atoms with van der Waals surface area (Å²) in [5.41, 5.74) is 1.08. The average Bonchev–Trinajstić information content (AvgIpc) is 3.10. The summed E-state index contributed by atoms with van der Waals surface area (Å²) in [6, 6.07) is 10.2. The molecule has 1 unspecified atom stereocenters. The van der Waals surface area contributed by atoms with Crippen LogP contribution in [0.4, 0.5) is 11.6 Å². The van der Waals surface area contributed by atoms with Gasteiger partial charge in [0.1, 0.15) is 0 Å². The molecule has 1 atom stereocenters. The van der Waals surface area contributed by atoms with E-state index in [1.807, 2.05) is 24.4 Å². The Bertz CT molecular complexity index is 534. The molecule has 3 rings (SSSR count). The molecule has 2 aromatic rings. The fraction of sp³-hybridized carbons (Fsp3) is 0.438. The number of aromatic nitrogens is 2. The lowest BCUT2D eigenvalue weighted by Gasteiger charge is -2.15. The topological polar surface area (TPSA) is 33.1 Å². The number of nitrogens with zero attached hydrogens (tertiary/aromatic N) is 3. The van der Waals surface area contributed by atoms with Gasteiger partial charge in [-0.05, 0) is 37.6 Å². The number of nitrogens with one attached hydrogen (secondary N) is 1. The molecule has 2 heterocycles. The number of rotatable bonds is 5. The molecular weight excluding hydrogens is 248 g/mol. The number of imidazole rings is 1. The fourth-order valence-electron chi connectivity index (χ4n) is 2.86. The van der Waals surface area contributed by atoms with Gasteiger partial charge in [-0.3, -0.25) is 0 Å². The highest BCUT2D eigenvalue weighted by molar-refractivity contribution is 5.52. The highest BCUT2D eigenvalue weighted by Crippen LogP contribution is 2.21. The molecule has 1 aliphatic rings. The van der Waals surface area contributed by atoms with Gasteiger partial charge in [0.05, 0.1) is 0 Å². The minimum absolute atomic E-state index is 0.737. The maximum absolute atomic E-state index is 4.43. The van der Waals surface area contributed by atoms with Crippen LogP contribution in [0.25, 0.3) is 0 Å². The molecule has 106 valence electrons. The number of benzene rings is 1. The van der Waals surface area contributed by atoms with Crippen LogP contribution in [0.3, 0.4) is 0 Å². The monoisotopic (exact) mass is 270 g/mol. The van der Waals surface area contributed by atoms with E-state index in [0.717, 1.165) is 30.6 Å². The Balaban J connectivity index is 1.65. The molecule has 0 amide bonds. The third-order valence-electron chi connectivity index (χ3n) is 4.02. The smallest absolute Gasteiger partial charge is 0.207 e. The van der Waals surface area contributed by atoms with Crippen molar-refractivity contribution in [3.8, 4) is 0 Å². The van der Waals surface area contributed by atoms with Crippen LogP contribution in [0.2, 0.25) is 0 Å². The van der Waals surface area contributed by atoms with Gasteiger partial charge in [-0.1, -0.05) is 25.1 Å². The van der Waals surface area contributed by atoms with Gasteiger partial charge in [-0.15, -0.1) is 0 Å². The first-order valence-electron chi connectivity index (χ1n) is 7.40. The molecule has 1 fully saturated rings. The van der Waals surface area contributed by atoms with Crippen LogP contribution in [0, 0.1) is 5.92 Å². The van der Waals surface area contributed by atoms with Gasteiger partial charge >= 0.3 is 0 Å². The van der Waals surface area contributed by atoms with E-state index in [4.69, 9.17) is 0 Å². The van der Waals surface area contributed by atoms with Gasteiger partial charge in [0.25, 0.3) is 0 Å². The summed E-state index contributed by atoms with van der Waals surface area (Å²) in [7, 11) is 0. The van der Waals surface area contributed by atoms with E-state index >= 15 is 0 Å². The zero-order valence-corrected chi connectivity index (χ0v) is 12.0. The molecule has 0 aliphatic carbocycles. The molecule has 4 nitrogen and oxygen atoms in total.